The number of thiophene rings is 1. The number of carbonyl (C=O) groups excluding carboxylic acids is 1. The number of nitrogens with zero attached hydrogens (tertiary/aromatic N) is 4. The number of ether oxygens (including phenoxy) is 1. The van der Waals surface area contributed by atoms with Crippen molar-refractivity contribution in [3.8, 4) is 11.4 Å². The van der Waals surface area contributed by atoms with Gasteiger partial charge < -0.3 is 26.0 Å². The van der Waals surface area contributed by atoms with E-state index in [-0.39, 0.29) is 5.56 Å². The Morgan fingerprint density at radius 3 is 2.92 bits per heavy atom. The molecule has 190 valence electrons. The first kappa shape index (κ1) is 23.4. The molecule has 5 heterocycles. The van der Waals surface area contributed by atoms with Gasteiger partial charge in [-0.25, -0.2) is 15.0 Å². The molecule has 1 saturated heterocycles. The standard InChI is InChI=1S/C25H26N8O3S/c26-21(34)17-13-29-25(32-24(17)35)28-6-4-14-12-19-20(37-14)23(33-8-10-36-11-9-33)31-22(30-19)16-2-1-3-18-15(16)5-7-27-18/h1-3,12-13,27H,4-11H2,(H2,26,34)(H2,28,29,32,35). The largest absolute Gasteiger partial charge is 0.384 e. The summed E-state index contributed by atoms with van der Waals surface area (Å²) in [6.07, 6.45) is 2.84. The predicted molar refractivity (Wildman–Crippen MR) is 144 cm³/mol. The highest BCUT2D eigenvalue weighted by Gasteiger charge is 2.23. The summed E-state index contributed by atoms with van der Waals surface area (Å²) in [7, 11) is 0. The molecule has 0 atom stereocenters. The van der Waals surface area contributed by atoms with Crippen molar-refractivity contribution in [1.29, 1.82) is 0 Å². The second kappa shape index (κ2) is 9.79. The number of hydrogen-bond acceptors (Lipinski definition) is 10. The summed E-state index contributed by atoms with van der Waals surface area (Å²) in [6, 6.07) is 8.37. The first-order valence-electron chi connectivity index (χ1n) is 12.2. The summed E-state index contributed by atoms with van der Waals surface area (Å²) in [4.78, 5) is 43.3. The molecule has 4 aromatic rings. The third-order valence-corrected chi connectivity index (χ3v) is 7.73. The van der Waals surface area contributed by atoms with Crippen LogP contribution in [0, 0.1) is 0 Å². The highest BCUT2D eigenvalue weighted by molar-refractivity contribution is 7.19. The van der Waals surface area contributed by atoms with Crippen molar-refractivity contribution >= 4 is 44.9 Å². The number of nitrogens with two attached hydrogens (primary N) is 1. The van der Waals surface area contributed by atoms with Crippen molar-refractivity contribution in [2.24, 2.45) is 5.73 Å². The lowest BCUT2D eigenvalue weighted by atomic mass is 10.0. The fraction of sp³-hybridized carbons (Fsp3) is 0.320. The molecular formula is C25H26N8O3S. The van der Waals surface area contributed by atoms with Crippen LogP contribution >= 0.6 is 11.3 Å². The molecule has 37 heavy (non-hydrogen) atoms. The zero-order valence-electron chi connectivity index (χ0n) is 20.0. The Labute approximate surface area is 216 Å². The normalized spacial score (nSPS) is 15.0. The maximum absolute atomic E-state index is 12.0. The summed E-state index contributed by atoms with van der Waals surface area (Å²) < 4.78 is 6.64. The SMILES string of the molecule is NC(=O)c1cnc(NCCc2cc3nc(-c4cccc5c4CCN5)nc(N4CCOCC4)c3s2)[nH]c1=O. The minimum absolute atomic E-state index is 0.167. The summed E-state index contributed by atoms with van der Waals surface area (Å²) >= 11 is 1.68. The van der Waals surface area contributed by atoms with Gasteiger partial charge in [0.25, 0.3) is 11.5 Å². The van der Waals surface area contributed by atoms with Crippen LogP contribution in [0.2, 0.25) is 0 Å². The van der Waals surface area contributed by atoms with Crippen LogP contribution in [0.5, 0.6) is 0 Å². The summed E-state index contributed by atoms with van der Waals surface area (Å²) in [5.74, 6) is 1.18. The number of benzene rings is 1. The van der Waals surface area contributed by atoms with E-state index in [9.17, 15) is 9.59 Å². The van der Waals surface area contributed by atoms with Gasteiger partial charge in [0.05, 0.1) is 23.4 Å². The molecule has 0 unspecified atom stereocenters. The Bertz CT molecular complexity index is 1540. The molecule has 0 radical (unpaired) electrons. The third kappa shape index (κ3) is 4.60. The number of hydrogen-bond donors (Lipinski definition) is 4. The molecule has 0 saturated carbocycles. The van der Waals surface area contributed by atoms with Gasteiger partial charge in [-0.05, 0) is 30.5 Å². The molecule has 1 fully saturated rings. The van der Waals surface area contributed by atoms with E-state index in [1.807, 2.05) is 6.07 Å². The minimum Gasteiger partial charge on any atom is -0.384 e. The number of fused-ring (bicyclic) bond motifs is 2. The lowest BCUT2D eigenvalue weighted by molar-refractivity contribution is 0.0998. The van der Waals surface area contributed by atoms with Crippen LogP contribution in [0.3, 0.4) is 0 Å². The maximum Gasteiger partial charge on any atom is 0.265 e. The van der Waals surface area contributed by atoms with E-state index in [1.54, 1.807) is 11.3 Å². The topological polar surface area (TPSA) is 151 Å². The average molecular weight is 519 g/mol. The first-order chi connectivity index (χ1) is 18.1. The molecule has 0 bridgehead atoms. The highest BCUT2D eigenvalue weighted by Crippen LogP contribution is 2.37. The van der Waals surface area contributed by atoms with Crippen molar-refractivity contribution in [2.45, 2.75) is 12.8 Å². The number of amides is 1. The van der Waals surface area contributed by atoms with Crippen molar-refractivity contribution in [3.63, 3.8) is 0 Å². The Morgan fingerprint density at radius 2 is 2.11 bits per heavy atom. The van der Waals surface area contributed by atoms with Crippen LogP contribution in [0.15, 0.2) is 35.3 Å². The Kier molecular flexibility index (Phi) is 6.18. The first-order valence-corrected chi connectivity index (χ1v) is 13.0. The lowest BCUT2D eigenvalue weighted by Gasteiger charge is -2.28. The molecule has 1 aromatic carbocycles. The van der Waals surface area contributed by atoms with Gasteiger partial charge in [-0.2, -0.15) is 0 Å². The van der Waals surface area contributed by atoms with E-state index in [0.29, 0.717) is 32.1 Å². The van der Waals surface area contributed by atoms with E-state index in [2.05, 4.69) is 43.7 Å². The van der Waals surface area contributed by atoms with E-state index in [1.165, 1.54) is 11.8 Å². The Hall–Kier alpha value is -4.03. The molecule has 12 heteroatoms. The Balaban J connectivity index is 1.30. The van der Waals surface area contributed by atoms with E-state index in [0.717, 1.165) is 64.0 Å². The van der Waals surface area contributed by atoms with Crippen LogP contribution in [-0.4, -0.2) is 65.2 Å². The van der Waals surface area contributed by atoms with Crippen molar-refractivity contribution in [2.75, 3.05) is 54.9 Å². The quantitative estimate of drug-likeness (QED) is 0.288. The minimum atomic E-state index is -0.807. The van der Waals surface area contributed by atoms with Gasteiger partial charge in [-0.1, -0.05) is 12.1 Å². The number of aromatic nitrogens is 4. The number of morpholine rings is 1. The molecule has 5 N–H and O–H groups in total. The van der Waals surface area contributed by atoms with Crippen LogP contribution in [0.4, 0.5) is 17.5 Å². The number of H-pyrrole nitrogens is 1. The third-order valence-electron chi connectivity index (χ3n) is 6.55. The van der Waals surface area contributed by atoms with Gasteiger partial charge in [0.15, 0.2) is 11.6 Å². The zero-order valence-corrected chi connectivity index (χ0v) is 20.9. The number of nitrogens with one attached hydrogen (secondary N) is 3. The molecule has 11 nitrogen and oxygen atoms in total. The van der Waals surface area contributed by atoms with Gasteiger partial charge in [0.2, 0.25) is 5.95 Å². The van der Waals surface area contributed by atoms with Gasteiger partial charge in [0.1, 0.15) is 5.56 Å². The maximum atomic E-state index is 12.0. The van der Waals surface area contributed by atoms with Gasteiger partial charge in [-0.15, -0.1) is 11.3 Å². The molecule has 3 aromatic heterocycles. The van der Waals surface area contributed by atoms with E-state index >= 15 is 0 Å². The second-order valence-electron chi connectivity index (χ2n) is 8.92. The van der Waals surface area contributed by atoms with E-state index < -0.39 is 11.5 Å². The molecule has 2 aliphatic rings. The van der Waals surface area contributed by atoms with Crippen LogP contribution in [0.1, 0.15) is 20.8 Å². The van der Waals surface area contributed by atoms with E-state index in [4.69, 9.17) is 20.4 Å². The van der Waals surface area contributed by atoms with Crippen LogP contribution in [-0.2, 0) is 17.6 Å². The molecular weight excluding hydrogens is 492 g/mol. The smallest absolute Gasteiger partial charge is 0.265 e. The highest BCUT2D eigenvalue weighted by atomic mass is 32.1. The Morgan fingerprint density at radius 1 is 1.24 bits per heavy atom. The monoisotopic (exact) mass is 518 g/mol. The molecule has 2 aliphatic heterocycles. The van der Waals surface area contributed by atoms with Crippen molar-refractivity contribution in [3.05, 3.63) is 56.8 Å². The summed E-state index contributed by atoms with van der Waals surface area (Å²) in [5.41, 5.74) is 8.86. The summed E-state index contributed by atoms with van der Waals surface area (Å²) in [5, 5.41) is 6.55. The molecule has 1 amide bonds. The fourth-order valence-corrected chi connectivity index (χ4v) is 5.83. The van der Waals surface area contributed by atoms with Gasteiger partial charge in [-0.3, -0.25) is 14.6 Å². The van der Waals surface area contributed by atoms with Crippen molar-refractivity contribution < 1.29 is 9.53 Å². The van der Waals surface area contributed by atoms with Gasteiger partial charge >= 0.3 is 0 Å². The molecule has 6 rings (SSSR count). The van der Waals surface area contributed by atoms with Crippen molar-refractivity contribution in [1.82, 2.24) is 19.9 Å². The number of carbonyl (C=O) groups is 1. The lowest BCUT2D eigenvalue weighted by Crippen LogP contribution is -2.36. The van der Waals surface area contributed by atoms with Gasteiger partial charge in [0, 0.05) is 48.5 Å². The average Bonchev–Trinajstić information content (AvgIpc) is 3.55. The predicted octanol–water partition coefficient (Wildman–Crippen LogP) is 2.00. The number of anilines is 3. The van der Waals surface area contributed by atoms with Crippen LogP contribution in [0.25, 0.3) is 21.6 Å². The molecule has 0 spiro atoms. The fourth-order valence-electron chi connectivity index (χ4n) is 4.72. The van der Waals surface area contributed by atoms with Crippen LogP contribution < -0.4 is 26.8 Å². The zero-order chi connectivity index (χ0) is 25.4. The summed E-state index contributed by atoms with van der Waals surface area (Å²) in [6.45, 7) is 4.38. The number of primary amides is 1. The second-order valence-corrected chi connectivity index (χ2v) is 10.1. The molecule has 0 aliphatic carbocycles. The number of rotatable bonds is 7. The number of aromatic amines is 1.